The van der Waals surface area contributed by atoms with Gasteiger partial charge in [-0.25, -0.2) is 4.98 Å². The highest BCUT2D eigenvalue weighted by Crippen LogP contribution is 2.13. The molecule has 19 heavy (non-hydrogen) atoms. The van der Waals surface area contributed by atoms with Crippen LogP contribution in [0.4, 0.5) is 5.13 Å². The molecule has 0 radical (unpaired) electrons. The van der Waals surface area contributed by atoms with E-state index in [9.17, 15) is 4.79 Å². The molecule has 1 aliphatic heterocycles. The Hall–Kier alpha value is -0.980. The van der Waals surface area contributed by atoms with E-state index in [0.29, 0.717) is 23.8 Å². The molecule has 2 heterocycles. The molecule has 106 valence electrons. The van der Waals surface area contributed by atoms with Gasteiger partial charge in [-0.15, -0.1) is 11.3 Å². The maximum absolute atomic E-state index is 12.0. The van der Waals surface area contributed by atoms with Crippen molar-refractivity contribution in [3.63, 3.8) is 0 Å². The Morgan fingerprint density at radius 3 is 3.05 bits per heavy atom. The van der Waals surface area contributed by atoms with Gasteiger partial charge in [-0.2, -0.15) is 0 Å². The van der Waals surface area contributed by atoms with Crippen molar-refractivity contribution >= 4 is 22.4 Å². The van der Waals surface area contributed by atoms with E-state index in [2.05, 4.69) is 34.4 Å². The minimum absolute atomic E-state index is 0.0325. The average Bonchev–Trinajstić information content (AvgIpc) is 2.91. The molecule has 0 aliphatic carbocycles. The van der Waals surface area contributed by atoms with Crippen molar-refractivity contribution in [2.45, 2.75) is 38.8 Å². The molecule has 1 aromatic heterocycles. The van der Waals surface area contributed by atoms with Gasteiger partial charge in [0, 0.05) is 36.8 Å². The summed E-state index contributed by atoms with van der Waals surface area (Å²) in [4.78, 5) is 18.4. The molecule has 6 heteroatoms. The number of piperazine rings is 1. The largest absolute Gasteiger partial charge is 0.311 e. The minimum Gasteiger partial charge on any atom is -0.311 e. The SMILES string of the molecule is CCC1CN(CC(=O)Nc2nccs2)C(CC)CN1. The molecule has 2 unspecified atom stereocenters. The number of rotatable bonds is 5. The summed E-state index contributed by atoms with van der Waals surface area (Å²) < 4.78 is 0. The summed E-state index contributed by atoms with van der Waals surface area (Å²) in [7, 11) is 0. The van der Waals surface area contributed by atoms with E-state index in [0.717, 1.165) is 25.9 Å². The highest BCUT2D eigenvalue weighted by atomic mass is 32.1. The number of hydrogen-bond acceptors (Lipinski definition) is 5. The van der Waals surface area contributed by atoms with Gasteiger partial charge < -0.3 is 10.6 Å². The number of amides is 1. The van der Waals surface area contributed by atoms with Crippen LogP contribution in [0.5, 0.6) is 0 Å². The van der Waals surface area contributed by atoms with E-state index in [-0.39, 0.29) is 5.91 Å². The van der Waals surface area contributed by atoms with Crippen LogP contribution in [0.1, 0.15) is 26.7 Å². The van der Waals surface area contributed by atoms with Crippen molar-refractivity contribution in [1.29, 1.82) is 0 Å². The van der Waals surface area contributed by atoms with Crippen LogP contribution in [0, 0.1) is 0 Å². The first-order valence-corrected chi connectivity index (χ1v) is 7.77. The highest BCUT2D eigenvalue weighted by Gasteiger charge is 2.27. The number of carbonyl (C=O) groups is 1. The first-order chi connectivity index (χ1) is 9.22. The number of hydrogen-bond donors (Lipinski definition) is 2. The van der Waals surface area contributed by atoms with Gasteiger partial charge in [-0.1, -0.05) is 13.8 Å². The quantitative estimate of drug-likeness (QED) is 0.860. The van der Waals surface area contributed by atoms with Crippen molar-refractivity contribution in [2.75, 3.05) is 25.0 Å². The summed E-state index contributed by atoms with van der Waals surface area (Å²) in [6, 6.07) is 0.945. The van der Waals surface area contributed by atoms with Gasteiger partial charge in [-0.05, 0) is 12.8 Å². The lowest BCUT2D eigenvalue weighted by atomic mass is 10.1. The number of carbonyl (C=O) groups excluding carboxylic acids is 1. The second kappa shape index (κ2) is 6.98. The van der Waals surface area contributed by atoms with Gasteiger partial charge in [0.2, 0.25) is 5.91 Å². The molecular weight excluding hydrogens is 260 g/mol. The van der Waals surface area contributed by atoms with E-state index in [1.165, 1.54) is 11.3 Å². The Labute approximate surface area is 118 Å². The first kappa shape index (κ1) is 14.4. The fraction of sp³-hybridized carbons (Fsp3) is 0.692. The lowest BCUT2D eigenvalue weighted by molar-refractivity contribution is -0.118. The van der Waals surface area contributed by atoms with E-state index >= 15 is 0 Å². The number of thiazole rings is 1. The van der Waals surface area contributed by atoms with E-state index < -0.39 is 0 Å². The second-order valence-electron chi connectivity index (χ2n) is 4.89. The third kappa shape index (κ3) is 3.99. The fourth-order valence-electron chi connectivity index (χ4n) is 2.43. The number of nitrogens with zero attached hydrogens (tertiary/aromatic N) is 2. The summed E-state index contributed by atoms with van der Waals surface area (Å²) in [5.41, 5.74) is 0. The summed E-state index contributed by atoms with van der Waals surface area (Å²) in [5.74, 6) is 0.0325. The van der Waals surface area contributed by atoms with Crippen molar-refractivity contribution in [3.05, 3.63) is 11.6 Å². The van der Waals surface area contributed by atoms with Crippen LogP contribution in [-0.4, -0.2) is 47.5 Å². The Bertz CT molecular complexity index is 395. The Morgan fingerprint density at radius 1 is 1.58 bits per heavy atom. The molecule has 2 N–H and O–H groups in total. The normalized spacial score (nSPS) is 24.3. The van der Waals surface area contributed by atoms with Crippen LogP contribution in [0.3, 0.4) is 0 Å². The fourth-order valence-corrected chi connectivity index (χ4v) is 2.97. The Balaban J connectivity index is 1.89. The monoisotopic (exact) mass is 282 g/mol. The third-order valence-corrected chi connectivity index (χ3v) is 4.29. The molecule has 0 aromatic carbocycles. The first-order valence-electron chi connectivity index (χ1n) is 6.89. The molecule has 1 saturated heterocycles. The third-order valence-electron chi connectivity index (χ3n) is 3.60. The van der Waals surface area contributed by atoms with Crippen LogP contribution >= 0.6 is 11.3 Å². The predicted molar refractivity (Wildman–Crippen MR) is 78.5 cm³/mol. The number of aromatic nitrogens is 1. The van der Waals surface area contributed by atoms with Crippen molar-refractivity contribution in [3.8, 4) is 0 Å². The molecule has 1 aromatic rings. The Morgan fingerprint density at radius 2 is 2.42 bits per heavy atom. The minimum atomic E-state index is 0.0325. The maximum Gasteiger partial charge on any atom is 0.240 e. The van der Waals surface area contributed by atoms with Gasteiger partial charge in [0.25, 0.3) is 0 Å². The Kier molecular flexibility index (Phi) is 5.30. The smallest absolute Gasteiger partial charge is 0.240 e. The summed E-state index contributed by atoms with van der Waals surface area (Å²) in [6.07, 6.45) is 3.86. The lowest BCUT2D eigenvalue weighted by Crippen LogP contribution is -2.57. The summed E-state index contributed by atoms with van der Waals surface area (Å²) in [5, 5.41) is 8.93. The maximum atomic E-state index is 12.0. The molecule has 1 amide bonds. The summed E-state index contributed by atoms with van der Waals surface area (Å²) in [6.45, 7) is 6.72. The molecule has 1 aliphatic rings. The van der Waals surface area contributed by atoms with Gasteiger partial charge in [0.05, 0.1) is 6.54 Å². The van der Waals surface area contributed by atoms with Gasteiger partial charge in [0.1, 0.15) is 0 Å². The van der Waals surface area contributed by atoms with E-state index in [1.807, 2.05) is 5.38 Å². The topological polar surface area (TPSA) is 57.3 Å². The molecule has 5 nitrogen and oxygen atoms in total. The number of anilines is 1. The molecule has 2 rings (SSSR count). The zero-order valence-electron chi connectivity index (χ0n) is 11.6. The van der Waals surface area contributed by atoms with Crippen molar-refractivity contribution < 1.29 is 4.79 Å². The lowest BCUT2D eigenvalue weighted by Gasteiger charge is -2.39. The molecule has 0 bridgehead atoms. The van der Waals surface area contributed by atoms with Crippen LogP contribution in [0.15, 0.2) is 11.6 Å². The van der Waals surface area contributed by atoms with Gasteiger partial charge in [-0.3, -0.25) is 9.69 Å². The zero-order chi connectivity index (χ0) is 13.7. The van der Waals surface area contributed by atoms with Crippen molar-refractivity contribution in [1.82, 2.24) is 15.2 Å². The number of nitrogens with one attached hydrogen (secondary N) is 2. The van der Waals surface area contributed by atoms with Gasteiger partial charge in [0.15, 0.2) is 5.13 Å². The average molecular weight is 282 g/mol. The molecule has 0 saturated carbocycles. The molecular formula is C13H22N4OS. The molecule has 1 fully saturated rings. The second-order valence-corrected chi connectivity index (χ2v) is 5.78. The zero-order valence-corrected chi connectivity index (χ0v) is 12.4. The van der Waals surface area contributed by atoms with Gasteiger partial charge >= 0.3 is 0 Å². The van der Waals surface area contributed by atoms with Crippen LogP contribution in [-0.2, 0) is 4.79 Å². The highest BCUT2D eigenvalue weighted by molar-refractivity contribution is 7.13. The van der Waals surface area contributed by atoms with E-state index in [1.54, 1.807) is 6.20 Å². The van der Waals surface area contributed by atoms with Crippen LogP contribution < -0.4 is 10.6 Å². The predicted octanol–water partition coefficient (Wildman–Crippen LogP) is 1.54. The molecule has 2 atom stereocenters. The van der Waals surface area contributed by atoms with Crippen LogP contribution in [0.2, 0.25) is 0 Å². The van der Waals surface area contributed by atoms with Crippen molar-refractivity contribution in [2.24, 2.45) is 0 Å². The van der Waals surface area contributed by atoms with E-state index in [4.69, 9.17) is 0 Å². The van der Waals surface area contributed by atoms with Crippen LogP contribution in [0.25, 0.3) is 0 Å². The summed E-state index contributed by atoms with van der Waals surface area (Å²) >= 11 is 1.45. The molecule has 0 spiro atoms. The standard InChI is InChI=1S/C13H22N4OS/c1-3-10-8-17(11(4-2)7-15-10)9-12(18)16-13-14-5-6-19-13/h5-6,10-11,15H,3-4,7-9H2,1-2H3,(H,14,16,18).